The number of nitrogens with one attached hydrogen (secondary N) is 4. The summed E-state index contributed by atoms with van der Waals surface area (Å²) in [6.07, 6.45) is 1.89. The maximum Gasteiger partial charge on any atom is 0.281 e. The second-order valence-corrected chi connectivity index (χ2v) is 5.68. The van der Waals surface area contributed by atoms with Crippen LogP contribution >= 0.6 is 11.6 Å². The molecule has 0 aromatic rings. The third-order valence-electron chi connectivity index (χ3n) is 3.88. The SMILES string of the molecule is CC/C(C)=C1/NCC(=N)N2C(Cl)=C2N1C(=O)/C(NC)=C(\C)C=N. The lowest BCUT2D eigenvalue weighted by molar-refractivity contribution is -0.124. The van der Waals surface area contributed by atoms with E-state index in [9.17, 15) is 4.79 Å². The molecule has 8 heteroatoms. The van der Waals surface area contributed by atoms with Gasteiger partial charge in [-0.15, -0.1) is 0 Å². The molecule has 23 heavy (non-hydrogen) atoms. The minimum absolute atomic E-state index is 0.290. The first-order chi connectivity index (χ1) is 10.9. The van der Waals surface area contributed by atoms with Crippen LogP contribution in [0, 0.1) is 10.8 Å². The molecule has 4 N–H and O–H groups in total. The van der Waals surface area contributed by atoms with E-state index in [1.54, 1.807) is 14.0 Å². The topological polar surface area (TPSA) is 95.1 Å². The van der Waals surface area contributed by atoms with Crippen LogP contribution in [0.15, 0.2) is 33.6 Å². The Morgan fingerprint density at radius 1 is 1.48 bits per heavy atom. The second kappa shape index (κ2) is 6.45. The number of halogens is 1. The molecule has 0 unspecified atom stereocenters. The van der Waals surface area contributed by atoms with Gasteiger partial charge in [-0.25, -0.2) is 4.90 Å². The predicted octanol–water partition coefficient (Wildman–Crippen LogP) is 1.86. The summed E-state index contributed by atoms with van der Waals surface area (Å²) in [5.74, 6) is 1.12. The summed E-state index contributed by atoms with van der Waals surface area (Å²) in [5.41, 5.74) is 1.83. The Kier molecular flexibility index (Phi) is 4.79. The number of fused-ring (bicyclic) bond motifs is 1. The largest absolute Gasteiger partial charge is 0.383 e. The number of rotatable bonds is 4. The number of likely N-dealkylation sites (N-methyl/N-ethyl adjacent to an activating group) is 1. The third kappa shape index (κ3) is 2.84. The molecule has 0 atom stereocenters. The highest BCUT2D eigenvalue weighted by Gasteiger charge is 2.46. The lowest BCUT2D eigenvalue weighted by atomic mass is 10.2. The molecule has 2 rings (SSSR count). The fourth-order valence-corrected chi connectivity index (χ4v) is 2.68. The first-order valence-corrected chi connectivity index (χ1v) is 7.71. The molecular weight excluding hydrogens is 316 g/mol. The molecule has 2 aliphatic rings. The number of hydrogen-bond donors (Lipinski definition) is 4. The van der Waals surface area contributed by atoms with E-state index < -0.39 is 0 Å². The van der Waals surface area contributed by atoms with Crippen LogP contribution in [0.2, 0.25) is 0 Å². The van der Waals surface area contributed by atoms with Crippen molar-refractivity contribution in [1.29, 1.82) is 10.8 Å². The summed E-state index contributed by atoms with van der Waals surface area (Å²) >= 11 is 6.18. The molecule has 0 spiro atoms. The zero-order chi connectivity index (χ0) is 17.3. The van der Waals surface area contributed by atoms with Gasteiger partial charge in [0.25, 0.3) is 5.91 Å². The average Bonchev–Trinajstić information content (AvgIpc) is 3.23. The van der Waals surface area contributed by atoms with Crippen molar-refractivity contribution in [3.05, 3.63) is 33.6 Å². The van der Waals surface area contributed by atoms with E-state index in [1.807, 2.05) is 13.8 Å². The molecule has 0 aliphatic carbocycles. The molecule has 124 valence electrons. The predicted molar refractivity (Wildman–Crippen MR) is 90.8 cm³/mol. The summed E-state index contributed by atoms with van der Waals surface area (Å²) in [6, 6.07) is 0. The van der Waals surface area contributed by atoms with Gasteiger partial charge in [-0.3, -0.25) is 15.1 Å². The minimum atomic E-state index is -0.311. The van der Waals surface area contributed by atoms with Gasteiger partial charge in [0.1, 0.15) is 17.4 Å². The van der Waals surface area contributed by atoms with Crippen molar-refractivity contribution >= 4 is 29.6 Å². The van der Waals surface area contributed by atoms with Gasteiger partial charge in [0.2, 0.25) is 0 Å². The number of nitrogens with zero attached hydrogens (tertiary/aromatic N) is 2. The molecule has 1 saturated heterocycles. The molecular formula is C15H21ClN6O. The van der Waals surface area contributed by atoms with Crippen molar-refractivity contribution in [2.45, 2.75) is 27.2 Å². The van der Waals surface area contributed by atoms with E-state index in [1.165, 1.54) is 9.80 Å². The Bertz CT molecular complexity index is 675. The zero-order valence-electron chi connectivity index (χ0n) is 13.7. The Morgan fingerprint density at radius 3 is 2.65 bits per heavy atom. The highest BCUT2D eigenvalue weighted by Crippen LogP contribution is 2.42. The van der Waals surface area contributed by atoms with Crippen molar-refractivity contribution in [3.8, 4) is 0 Å². The smallest absolute Gasteiger partial charge is 0.281 e. The Balaban J connectivity index is 2.56. The molecule has 0 saturated carbocycles. The summed E-state index contributed by atoms with van der Waals surface area (Å²) in [5, 5.41) is 21.8. The van der Waals surface area contributed by atoms with Crippen LogP contribution in [0.3, 0.4) is 0 Å². The van der Waals surface area contributed by atoms with E-state index in [0.717, 1.165) is 18.2 Å². The number of allylic oxidation sites excluding steroid dienone is 2. The van der Waals surface area contributed by atoms with Crippen LogP contribution in [-0.2, 0) is 4.79 Å². The van der Waals surface area contributed by atoms with Crippen LogP contribution in [0.5, 0.6) is 0 Å². The maximum absolute atomic E-state index is 13.0. The van der Waals surface area contributed by atoms with Crippen molar-refractivity contribution in [2.24, 2.45) is 0 Å². The number of carbonyl (C=O) groups excluding carboxylic acids is 1. The third-order valence-corrected chi connectivity index (χ3v) is 4.22. The quantitative estimate of drug-likeness (QED) is 0.358. The molecule has 1 amide bonds. The monoisotopic (exact) mass is 336 g/mol. The van der Waals surface area contributed by atoms with Crippen molar-refractivity contribution in [2.75, 3.05) is 13.6 Å². The molecule has 0 radical (unpaired) electrons. The Labute approximate surface area is 140 Å². The summed E-state index contributed by atoms with van der Waals surface area (Å²) in [6.45, 7) is 5.92. The highest BCUT2D eigenvalue weighted by atomic mass is 35.5. The fraction of sp³-hybridized carbons (Fsp3) is 0.400. The summed E-state index contributed by atoms with van der Waals surface area (Å²) < 4.78 is 0. The summed E-state index contributed by atoms with van der Waals surface area (Å²) in [4.78, 5) is 16.1. The van der Waals surface area contributed by atoms with E-state index in [4.69, 9.17) is 22.4 Å². The molecule has 7 nitrogen and oxygen atoms in total. The van der Waals surface area contributed by atoms with E-state index >= 15 is 0 Å². The highest BCUT2D eigenvalue weighted by molar-refractivity contribution is 6.34. The van der Waals surface area contributed by atoms with Gasteiger partial charge in [0.15, 0.2) is 11.0 Å². The number of amidine groups is 1. The lowest BCUT2D eigenvalue weighted by Gasteiger charge is -2.25. The molecule has 2 aliphatic heterocycles. The first kappa shape index (κ1) is 17.1. The van der Waals surface area contributed by atoms with Crippen molar-refractivity contribution < 1.29 is 4.79 Å². The van der Waals surface area contributed by atoms with Crippen molar-refractivity contribution in [1.82, 2.24) is 20.4 Å². The van der Waals surface area contributed by atoms with Gasteiger partial charge in [0, 0.05) is 13.3 Å². The van der Waals surface area contributed by atoms with Crippen LogP contribution in [0.25, 0.3) is 0 Å². The zero-order valence-corrected chi connectivity index (χ0v) is 14.4. The molecule has 0 aromatic carbocycles. The first-order valence-electron chi connectivity index (χ1n) is 7.33. The van der Waals surface area contributed by atoms with E-state index in [0.29, 0.717) is 40.4 Å². The van der Waals surface area contributed by atoms with Crippen LogP contribution in [-0.4, -0.2) is 41.3 Å². The molecule has 0 bridgehead atoms. The summed E-state index contributed by atoms with van der Waals surface area (Å²) in [7, 11) is 1.64. The number of amides is 1. The lowest BCUT2D eigenvalue weighted by Crippen LogP contribution is -2.38. The van der Waals surface area contributed by atoms with Gasteiger partial charge in [-0.1, -0.05) is 18.5 Å². The average molecular weight is 337 g/mol. The number of carbonyl (C=O) groups is 1. The molecule has 1 fully saturated rings. The van der Waals surface area contributed by atoms with Gasteiger partial charge in [-0.05, 0) is 31.4 Å². The Morgan fingerprint density at radius 2 is 2.13 bits per heavy atom. The van der Waals surface area contributed by atoms with Gasteiger partial charge in [-0.2, -0.15) is 0 Å². The fourth-order valence-electron chi connectivity index (χ4n) is 2.37. The van der Waals surface area contributed by atoms with Gasteiger partial charge < -0.3 is 16.0 Å². The van der Waals surface area contributed by atoms with Gasteiger partial charge >= 0.3 is 0 Å². The molecule has 2 heterocycles. The van der Waals surface area contributed by atoms with Crippen molar-refractivity contribution in [3.63, 3.8) is 0 Å². The maximum atomic E-state index is 13.0. The number of hydrogen-bond acceptors (Lipinski definition) is 5. The van der Waals surface area contributed by atoms with E-state index in [-0.39, 0.29) is 5.91 Å². The normalized spacial score (nSPS) is 20.3. The minimum Gasteiger partial charge on any atom is -0.383 e. The second-order valence-electron chi connectivity index (χ2n) is 5.33. The Hall–Kier alpha value is -2.28. The van der Waals surface area contributed by atoms with E-state index in [2.05, 4.69) is 10.6 Å². The van der Waals surface area contributed by atoms with Crippen LogP contribution in [0.1, 0.15) is 27.2 Å². The van der Waals surface area contributed by atoms with Gasteiger partial charge in [0.05, 0.1) is 6.54 Å². The standard InChI is InChI=1S/C15H21ClN6O/c1-5-8(2)13-20-7-10(18)21-12(16)14(21)22(13)15(23)11(19-4)9(3)6-17/h6,17-20H,5,7H2,1-4H3/b11-9-,13-8-,17-6?,18-10?. The van der Waals surface area contributed by atoms with Crippen LogP contribution < -0.4 is 10.6 Å². The van der Waals surface area contributed by atoms with Crippen LogP contribution in [0.4, 0.5) is 0 Å². The molecule has 0 aromatic heterocycles.